The molecule has 1 N–H and O–H groups in total. The first-order chi connectivity index (χ1) is 11.4. The molecule has 1 aromatic carbocycles. The van der Waals surface area contributed by atoms with E-state index in [9.17, 15) is 0 Å². The molecular weight excluding hydrogens is 286 g/mol. The van der Waals surface area contributed by atoms with Gasteiger partial charge in [0.1, 0.15) is 5.82 Å². The molecule has 1 aliphatic heterocycles. The molecule has 23 heavy (non-hydrogen) atoms. The number of likely N-dealkylation sites (tertiary alicyclic amines) is 1. The highest BCUT2D eigenvalue weighted by Crippen LogP contribution is 2.21. The lowest BCUT2D eigenvalue weighted by Gasteiger charge is -2.32. The minimum atomic E-state index is 0.701. The number of imidazole rings is 2. The second kappa shape index (κ2) is 6.54. The van der Waals surface area contributed by atoms with Gasteiger partial charge >= 0.3 is 0 Å². The zero-order valence-electron chi connectivity index (χ0n) is 13.4. The van der Waals surface area contributed by atoms with E-state index in [2.05, 4.69) is 37.6 Å². The summed E-state index contributed by atoms with van der Waals surface area (Å²) in [5.74, 6) is 1.83. The molecule has 0 aliphatic carbocycles. The summed E-state index contributed by atoms with van der Waals surface area (Å²) >= 11 is 0. The van der Waals surface area contributed by atoms with Gasteiger partial charge in [0.25, 0.3) is 0 Å². The lowest BCUT2D eigenvalue weighted by molar-refractivity contribution is 0.168. The third-order valence-electron chi connectivity index (χ3n) is 4.76. The number of benzene rings is 1. The van der Waals surface area contributed by atoms with Crippen molar-refractivity contribution in [1.82, 2.24) is 24.4 Å². The molecule has 0 radical (unpaired) electrons. The molecule has 0 spiro atoms. The predicted molar refractivity (Wildman–Crippen MR) is 91.2 cm³/mol. The lowest BCUT2D eigenvalue weighted by atomic mass is 9.94. The van der Waals surface area contributed by atoms with Gasteiger partial charge in [0, 0.05) is 38.4 Å². The van der Waals surface area contributed by atoms with E-state index >= 15 is 0 Å². The van der Waals surface area contributed by atoms with Crippen LogP contribution in [0.3, 0.4) is 0 Å². The number of H-pyrrole nitrogens is 1. The number of nitrogens with one attached hydrogen (secondary N) is 1. The maximum absolute atomic E-state index is 4.73. The first kappa shape index (κ1) is 14.5. The SMILES string of the molecule is c1ccc2[nH]c(CC3CCCN(CCn4ccnc4)C3)nc2c1. The smallest absolute Gasteiger partial charge is 0.107 e. The topological polar surface area (TPSA) is 49.7 Å². The number of hydrogen-bond donors (Lipinski definition) is 1. The van der Waals surface area contributed by atoms with E-state index in [1.165, 1.54) is 25.9 Å². The van der Waals surface area contributed by atoms with Crippen molar-refractivity contribution in [2.75, 3.05) is 19.6 Å². The van der Waals surface area contributed by atoms with Gasteiger partial charge in [-0.05, 0) is 37.4 Å². The standard InChI is InChI=1S/C18H23N5/c1-2-6-17-16(5-1)20-18(21-17)12-15-4-3-8-22(13-15)10-11-23-9-7-19-14-23/h1-2,5-7,9,14-15H,3-4,8,10-13H2,(H,20,21). The summed E-state index contributed by atoms with van der Waals surface area (Å²) in [5.41, 5.74) is 2.23. The van der Waals surface area contributed by atoms with Gasteiger partial charge in [0.05, 0.1) is 17.4 Å². The largest absolute Gasteiger partial charge is 0.342 e. The van der Waals surface area contributed by atoms with Crippen molar-refractivity contribution in [3.05, 3.63) is 48.8 Å². The third kappa shape index (κ3) is 3.45. The molecule has 1 atom stereocenters. The Balaban J connectivity index is 1.35. The maximum atomic E-state index is 4.73. The van der Waals surface area contributed by atoms with Crippen LogP contribution in [0.5, 0.6) is 0 Å². The quantitative estimate of drug-likeness (QED) is 0.788. The van der Waals surface area contributed by atoms with Gasteiger partial charge in [-0.15, -0.1) is 0 Å². The number of hydrogen-bond acceptors (Lipinski definition) is 3. The molecule has 1 saturated heterocycles. The van der Waals surface area contributed by atoms with E-state index in [-0.39, 0.29) is 0 Å². The molecule has 0 amide bonds. The fourth-order valence-corrected chi connectivity index (χ4v) is 3.57. The second-order valence-corrected chi connectivity index (χ2v) is 6.51. The first-order valence-electron chi connectivity index (χ1n) is 8.48. The molecule has 1 fully saturated rings. The van der Waals surface area contributed by atoms with Crippen molar-refractivity contribution in [2.45, 2.75) is 25.8 Å². The molecule has 3 heterocycles. The Labute approximate surface area is 136 Å². The fourth-order valence-electron chi connectivity index (χ4n) is 3.57. The van der Waals surface area contributed by atoms with Gasteiger partial charge in [0.2, 0.25) is 0 Å². The molecular formula is C18H23N5. The highest BCUT2D eigenvalue weighted by atomic mass is 15.2. The van der Waals surface area contributed by atoms with Crippen LogP contribution in [0.4, 0.5) is 0 Å². The van der Waals surface area contributed by atoms with E-state index in [0.29, 0.717) is 5.92 Å². The number of piperidine rings is 1. The Morgan fingerprint density at radius 2 is 2.17 bits per heavy atom. The number of fused-ring (bicyclic) bond motifs is 1. The maximum Gasteiger partial charge on any atom is 0.107 e. The Hall–Kier alpha value is -2.14. The van der Waals surface area contributed by atoms with Crippen molar-refractivity contribution in [2.24, 2.45) is 5.92 Å². The predicted octanol–water partition coefficient (Wildman–Crippen LogP) is 2.71. The summed E-state index contributed by atoms with van der Waals surface area (Å²) < 4.78 is 2.16. The van der Waals surface area contributed by atoms with E-state index < -0.39 is 0 Å². The third-order valence-corrected chi connectivity index (χ3v) is 4.76. The van der Waals surface area contributed by atoms with Gasteiger partial charge in [-0.25, -0.2) is 9.97 Å². The van der Waals surface area contributed by atoms with Gasteiger partial charge in [0.15, 0.2) is 0 Å². The van der Waals surface area contributed by atoms with Crippen LogP contribution >= 0.6 is 0 Å². The van der Waals surface area contributed by atoms with Gasteiger partial charge in [-0.3, -0.25) is 0 Å². The zero-order chi connectivity index (χ0) is 15.5. The molecule has 5 nitrogen and oxygen atoms in total. The average molecular weight is 309 g/mol. The minimum Gasteiger partial charge on any atom is -0.342 e. The van der Waals surface area contributed by atoms with Gasteiger partial charge in [-0.2, -0.15) is 0 Å². The van der Waals surface area contributed by atoms with Gasteiger partial charge < -0.3 is 14.5 Å². The molecule has 0 saturated carbocycles. The van der Waals surface area contributed by atoms with Crippen molar-refractivity contribution in [3.63, 3.8) is 0 Å². The summed E-state index contributed by atoms with van der Waals surface area (Å²) in [4.78, 5) is 14.9. The normalized spacial score (nSPS) is 19.4. The minimum absolute atomic E-state index is 0.701. The van der Waals surface area contributed by atoms with Crippen molar-refractivity contribution >= 4 is 11.0 Å². The lowest BCUT2D eigenvalue weighted by Crippen LogP contribution is -2.38. The molecule has 2 aromatic heterocycles. The molecule has 1 unspecified atom stereocenters. The Morgan fingerprint density at radius 3 is 3.04 bits per heavy atom. The molecule has 0 bridgehead atoms. The highest BCUT2D eigenvalue weighted by Gasteiger charge is 2.21. The second-order valence-electron chi connectivity index (χ2n) is 6.51. The van der Waals surface area contributed by atoms with Crippen molar-refractivity contribution in [1.29, 1.82) is 0 Å². The van der Waals surface area contributed by atoms with Crippen LogP contribution in [-0.2, 0) is 13.0 Å². The van der Waals surface area contributed by atoms with Crippen LogP contribution in [0.15, 0.2) is 43.0 Å². The van der Waals surface area contributed by atoms with E-state index in [1.54, 1.807) is 0 Å². The zero-order valence-corrected chi connectivity index (χ0v) is 13.4. The van der Waals surface area contributed by atoms with Crippen molar-refractivity contribution < 1.29 is 0 Å². The molecule has 120 valence electrons. The monoisotopic (exact) mass is 309 g/mol. The summed E-state index contributed by atoms with van der Waals surface area (Å²) in [6, 6.07) is 8.28. The number of rotatable bonds is 5. The van der Waals surface area contributed by atoms with Crippen LogP contribution in [0.25, 0.3) is 11.0 Å². The summed E-state index contributed by atoms with van der Waals surface area (Å²) in [6.45, 7) is 4.52. The molecule has 1 aliphatic rings. The number of para-hydroxylation sites is 2. The first-order valence-corrected chi connectivity index (χ1v) is 8.48. The highest BCUT2D eigenvalue weighted by molar-refractivity contribution is 5.74. The number of aromatic nitrogens is 4. The van der Waals surface area contributed by atoms with E-state index in [4.69, 9.17) is 4.98 Å². The summed E-state index contributed by atoms with van der Waals surface area (Å²) in [5, 5.41) is 0. The van der Waals surface area contributed by atoms with Crippen LogP contribution in [0, 0.1) is 5.92 Å². The van der Waals surface area contributed by atoms with Crippen LogP contribution in [-0.4, -0.2) is 44.1 Å². The van der Waals surface area contributed by atoms with E-state index in [0.717, 1.165) is 36.4 Å². The summed E-state index contributed by atoms with van der Waals surface area (Å²) in [7, 11) is 0. The van der Waals surface area contributed by atoms with Gasteiger partial charge in [-0.1, -0.05) is 12.1 Å². The van der Waals surface area contributed by atoms with E-state index in [1.807, 2.05) is 24.8 Å². The molecule has 4 rings (SSSR count). The Kier molecular flexibility index (Phi) is 4.11. The fraction of sp³-hybridized carbons (Fsp3) is 0.444. The van der Waals surface area contributed by atoms with Crippen LogP contribution in [0.1, 0.15) is 18.7 Å². The van der Waals surface area contributed by atoms with Crippen LogP contribution < -0.4 is 0 Å². The average Bonchev–Trinajstić information content (AvgIpc) is 3.22. The number of aromatic amines is 1. The van der Waals surface area contributed by atoms with Crippen molar-refractivity contribution in [3.8, 4) is 0 Å². The molecule has 3 aromatic rings. The number of nitrogens with zero attached hydrogens (tertiary/aromatic N) is 4. The Bertz CT molecular complexity index is 713. The molecule has 5 heteroatoms. The Morgan fingerprint density at radius 1 is 1.22 bits per heavy atom. The van der Waals surface area contributed by atoms with Crippen LogP contribution in [0.2, 0.25) is 0 Å². The summed E-state index contributed by atoms with van der Waals surface area (Å²) in [6.07, 6.45) is 9.43.